The van der Waals surface area contributed by atoms with Crippen molar-refractivity contribution in [2.45, 2.75) is 6.54 Å². The van der Waals surface area contributed by atoms with Gasteiger partial charge in [-0.05, 0) is 124 Å². The number of hydrogen-bond acceptors (Lipinski definition) is 8. The molecule has 13 heteroatoms. The zero-order valence-corrected chi connectivity index (χ0v) is 32.5. The lowest BCUT2D eigenvalue weighted by molar-refractivity contribution is 0.122. The van der Waals surface area contributed by atoms with E-state index in [9.17, 15) is 0 Å². The lowest BCUT2D eigenvalue weighted by Crippen LogP contribution is -2.36. The maximum absolute atomic E-state index is 6.33. The smallest absolute Gasteiger partial charge is 0.157 e. The van der Waals surface area contributed by atoms with Crippen molar-refractivity contribution in [3.05, 3.63) is 115 Å². The van der Waals surface area contributed by atoms with Crippen molar-refractivity contribution < 1.29 is 9.47 Å². The quantitative estimate of drug-likeness (QED) is 0.126. The van der Waals surface area contributed by atoms with Crippen molar-refractivity contribution in [1.82, 2.24) is 29.9 Å². The van der Waals surface area contributed by atoms with E-state index < -0.39 is 0 Å². The summed E-state index contributed by atoms with van der Waals surface area (Å²) >= 11 is 10.9. The number of aromatic amines is 1. The Bertz CT molecular complexity index is 2500. The minimum absolute atomic E-state index is 0.437. The van der Waals surface area contributed by atoms with Gasteiger partial charge in [0.1, 0.15) is 16.8 Å². The third-order valence-electron chi connectivity index (χ3n) is 8.79. The molecule has 1 saturated heterocycles. The van der Waals surface area contributed by atoms with Gasteiger partial charge < -0.3 is 19.7 Å². The molecular formula is C38H31ClI2N8O2. The van der Waals surface area contributed by atoms with Crippen LogP contribution in [0.2, 0.25) is 5.15 Å². The zero-order valence-electron chi connectivity index (χ0n) is 27.4. The Hall–Kier alpha value is -4.25. The van der Waals surface area contributed by atoms with Gasteiger partial charge in [-0.25, -0.2) is 9.97 Å². The molecule has 0 saturated carbocycles. The Balaban J connectivity index is 0.000000148. The van der Waals surface area contributed by atoms with Crippen LogP contribution in [0.5, 0.6) is 5.75 Å². The molecule has 0 aliphatic carbocycles. The highest BCUT2D eigenvalue weighted by molar-refractivity contribution is 14.1. The number of fused-ring (bicyclic) bond motifs is 6. The number of anilines is 3. The van der Waals surface area contributed by atoms with Gasteiger partial charge in [-0.15, -0.1) is 0 Å². The number of nitrogens with zero attached hydrogens (tertiary/aromatic N) is 6. The highest BCUT2D eigenvalue weighted by Gasteiger charge is 2.14. The van der Waals surface area contributed by atoms with Crippen molar-refractivity contribution in [3.8, 4) is 5.75 Å². The van der Waals surface area contributed by atoms with Gasteiger partial charge >= 0.3 is 0 Å². The van der Waals surface area contributed by atoms with Crippen molar-refractivity contribution in [3.63, 3.8) is 0 Å². The van der Waals surface area contributed by atoms with Gasteiger partial charge in [0.05, 0.1) is 44.1 Å². The second-order valence-electron chi connectivity index (χ2n) is 12.1. The fraction of sp³-hybridized carbons (Fsp3) is 0.158. The summed E-state index contributed by atoms with van der Waals surface area (Å²) in [5.41, 5.74) is 6.86. The molecule has 10 nitrogen and oxygen atoms in total. The molecule has 9 rings (SSSR count). The number of halogens is 3. The van der Waals surface area contributed by atoms with Gasteiger partial charge in [0.2, 0.25) is 0 Å². The van der Waals surface area contributed by atoms with Crippen LogP contribution >= 0.6 is 56.8 Å². The van der Waals surface area contributed by atoms with Crippen LogP contribution in [0.4, 0.5) is 17.2 Å². The average molecular weight is 921 g/mol. The number of nitrogens with one attached hydrogen (secondary N) is 2. The van der Waals surface area contributed by atoms with Crippen LogP contribution in [0.15, 0.2) is 97.3 Å². The largest absolute Gasteiger partial charge is 0.497 e. The van der Waals surface area contributed by atoms with Crippen molar-refractivity contribution in [1.29, 1.82) is 0 Å². The topological polar surface area (TPSA) is 106 Å². The summed E-state index contributed by atoms with van der Waals surface area (Å²) in [7, 11) is 1.66. The number of methoxy groups -OCH3 is 1. The molecule has 4 aromatic carbocycles. The molecular weight excluding hydrogens is 890 g/mol. The molecule has 256 valence electrons. The molecule has 2 N–H and O–H groups in total. The van der Waals surface area contributed by atoms with E-state index in [1.807, 2.05) is 53.5 Å². The standard InChI is InChI=1S/C20H18IN5O.C18H13ClIN3O/c21-13-1-6-18-16(11-13)17-12-22-25-19(17)20(24-18)23-14-2-4-15(5-3-14)26-7-9-27-10-8-26;1-24-13-5-2-11(3-6-13)9-23-10-15-14-8-12(20)4-7-16(14)21-18(19)17(15)22-23/h1-6,11-12H,7-10H2,(H,22,25)(H,23,24);2-8,10H,9H2,1H3. The first-order chi connectivity index (χ1) is 24.9. The monoisotopic (exact) mass is 920 g/mol. The normalized spacial score (nSPS) is 13.1. The first kappa shape index (κ1) is 33.9. The third-order valence-corrected chi connectivity index (χ3v) is 10.4. The SMILES string of the molecule is COc1ccc(Cn2cc3c(n2)c(Cl)nc2ccc(I)cc23)cc1.Ic1ccc2nc(Nc3ccc(N4CCOCC4)cc3)c3[nH]ncc3c2c1. The summed E-state index contributed by atoms with van der Waals surface area (Å²) in [5.74, 6) is 1.63. The van der Waals surface area contributed by atoms with E-state index in [-0.39, 0.29) is 0 Å². The fourth-order valence-electron chi connectivity index (χ4n) is 6.22. The number of morpholine rings is 1. The fourth-order valence-corrected chi connectivity index (χ4v) is 7.44. The first-order valence-electron chi connectivity index (χ1n) is 16.3. The van der Waals surface area contributed by atoms with E-state index >= 15 is 0 Å². The van der Waals surface area contributed by atoms with Crippen LogP contribution < -0.4 is 15.0 Å². The summed E-state index contributed by atoms with van der Waals surface area (Å²) in [5, 5.41) is 20.1. The van der Waals surface area contributed by atoms with E-state index in [4.69, 9.17) is 26.1 Å². The zero-order chi connectivity index (χ0) is 34.9. The summed E-state index contributed by atoms with van der Waals surface area (Å²) < 4.78 is 14.9. The first-order valence-corrected chi connectivity index (χ1v) is 18.8. The van der Waals surface area contributed by atoms with Gasteiger partial charge in [-0.2, -0.15) is 10.2 Å². The van der Waals surface area contributed by atoms with E-state index in [2.05, 4.69) is 124 Å². The van der Waals surface area contributed by atoms with Gasteiger partial charge in [-0.1, -0.05) is 23.7 Å². The molecule has 0 unspecified atom stereocenters. The van der Waals surface area contributed by atoms with Crippen molar-refractivity contribution in [2.75, 3.05) is 43.6 Å². The highest BCUT2D eigenvalue weighted by atomic mass is 127. The van der Waals surface area contributed by atoms with Crippen molar-refractivity contribution in [2.24, 2.45) is 0 Å². The van der Waals surface area contributed by atoms with Crippen LogP contribution in [-0.2, 0) is 11.3 Å². The average Bonchev–Trinajstić information content (AvgIpc) is 3.83. The Morgan fingerprint density at radius 1 is 0.843 bits per heavy atom. The number of aromatic nitrogens is 6. The van der Waals surface area contributed by atoms with Crippen LogP contribution in [0.25, 0.3) is 43.6 Å². The van der Waals surface area contributed by atoms with Gasteiger partial charge in [0.15, 0.2) is 11.0 Å². The highest BCUT2D eigenvalue weighted by Crippen LogP contribution is 2.32. The van der Waals surface area contributed by atoms with Gasteiger partial charge in [0.25, 0.3) is 0 Å². The molecule has 1 aliphatic heterocycles. The summed E-state index contributed by atoms with van der Waals surface area (Å²) in [6, 6.07) is 28.8. The van der Waals surface area contributed by atoms with Crippen LogP contribution in [0, 0.1) is 7.14 Å². The molecule has 0 bridgehead atoms. The van der Waals surface area contributed by atoms with Crippen LogP contribution in [0.3, 0.4) is 0 Å². The molecule has 1 fully saturated rings. The predicted molar refractivity (Wildman–Crippen MR) is 222 cm³/mol. The predicted octanol–water partition coefficient (Wildman–Crippen LogP) is 9.20. The van der Waals surface area contributed by atoms with Gasteiger partial charge in [-0.3, -0.25) is 9.78 Å². The number of benzene rings is 4. The van der Waals surface area contributed by atoms with E-state index in [1.54, 1.807) is 7.11 Å². The Morgan fingerprint density at radius 2 is 1.53 bits per heavy atom. The Kier molecular flexibility index (Phi) is 9.81. The van der Waals surface area contributed by atoms with Crippen LogP contribution in [0.1, 0.15) is 5.56 Å². The molecule has 5 heterocycles. The lowest BCUT2D eigenvalue weighted by Gasteiger charge is -2.28. The minimum Gasteiger partial charge on any atom is -0.497 e. The van der Waals surface area contributed by atoms with E-state index in [0.29, 0.717) is 11.7 Å². The Labute approximate surface area is 325 Å². The molecule has 0 atom stereocenters. The maximum Gasteiger partial charge on any atom is 0.157 e. The number of ether oxygens (including phenoxy) is 2. The number of H-pyrrole nitrogens is 1. The molecule has 0 amide bonds. The number of hydrogen-bond donors (Lipinski definition) is 2. The summed E-state index contributed by atoms with van der Waals surface area (Å²) in [6.45, 7) is 4.12. The van der Waals surface area contributed by atoms with Gasteiger partial charge in [0, 0.05) is 59.3 Å². The summed E-state index contributed by atoms with van der Waals surface area (Å²) in [6.07, 6.45) is 3.90. The Morgan fingerprint density at radius 3 is 2.24 bits per heavy atom. The molecule has 51 heavy (non-hydrogen) atoms. The maximum atomic E-state index is 6.33. The minimum atomic E-state index is 0.437. The lowest BCUT2D eigenvalue weighted by atomic mass is 10.1. The third kappa shape index (κ3) is 7.27. The molecule has 4 aromatic heterocycles. The van der Waals surface area contributed by atoms with E-state index in [0.717, 1.165) is 96.3 Å². The second-order valence-corrected chi connectivity index (χ2v) is 14.9. The number of pyridine rings is 2. The molecule has 8 aromatic rings. The molecule has 0 radical (unpaired) electrons. The van der Waals surface area contributed by atoms with E-state index in [1.165, 1.54) is 9.26 Å². The molecule has 0 spiro atoms. The van der Waals surface area contributed by atoms with Crippen LogP contribution in [-0.4, -0.2) is 63.4 Å². The van der Waals surface area contributed by atoms with Crippen molar-refractivity contribution >= 4 is 118 Å². The summed E-state index contributed by atoms with van der Waals surface area (Å²) in [4.78, 5) is 11.6. The number of rotatable bonds is 6. The molecule has 1 aliphatic rings. The second kappa shape index (κ2) is 14.8.